The van der Waals surface area contributed by atoms with Gasteiger partial charge in [0.2, 0.25) is 0 Å². The molecule has 4 aromatic rings. The van der Waals surface area contributed by atoms with E-state index < -0.39 is 0 Å². The standard InChI is InChI=1S/C26H31N7O2/c1-16-12-33(23-10-25(34)30(4)24-14-31(29-26(23)24)13-20-15-35-20)17(2)11-32(16)18(3)19-5-6-21-22(9-19)28-8-7-27-21/h5-10,14,16-18,20H,11-13,15H2,1-4H3/t16-,17+,18?,20?/m1/s1. The first-order valence-corrected chi connectivity index (χ1v) is 12.3. The zero-order valence-corrected chi connectivity index (χ0v) is 20.6. The van der Waals surface area contributed by atoms with Crippen LogP contribution in [0.15, 0.2) is 47.7 Å². The van der Waals surface area contributed by atoms with Crippen LogP contribution in [0.1, 0.15) is 32.4 Å². The Hall–Kier alpha value is -3.30. The Morgan fingerprint density at radius 3 is 2.63 bits per heavy atom. The molecule has 0 bridgehead atoms. The van der Waals surface area contributed by atoms with Crippen LogP contribution in [0.2, 0.25) is 0 Å². The molecule has 2 aliphatic heterocycles. The number of aromatic nitrogens is 5. The SMILES string of the molecule is CC(c1ccc2nccnc2c1)N1C[C@H](C)N(c2cc(=O)n(C)c3cn(CC4CO4)nc23)C[C@H]1C. The minimum absolute atomic E-state index is 0.0114. The Balaban J connectivity index is 1.29. The Kier molecular flexibility index (Phi) is 5.34. The molecule has 2 unspecified atom stereocenters. The van der Waals surface area contributed by atoms with Crippen LogP contribution in [-0.2, 0) is 18.3 Å². The first kappa shape index (κ1) is 22.2. The van der Waals surface area contributed by atoms with Crippen LogP contribution in [0.3, 0.4) is 0 Å². The highest BCUT2D eigenvalue weighted by Gasteiger charge is 2.34. The monoisotopic (exact) mass is 473 g/mol. The van der Waals surface area contributed by atoms with Crippen molar-refractivity contribution in [3.63, 3.8) is 0 Å². The molecule has 35 heavy (non-hydrogen) atoms. The third kappa shape index (κ3) is 3.98. The fraction of sp³-hybridized carbons (Fsp3) is 0.462. The van der Waals surface area contributed by atoms with Crippen molar-refractivity contribution in [2.24, 2.45) is 7.05 Å². The molecule has 9 heteroatoms. The van der Waals surface area contributed by atoms with Crippen molar-refractivity contribution in [2.45, 2.75) is 51.5 Å². The number of ether oxygens (including phenoxy) is 1. The van der Waals surface area contributed by atoms with Crippen molar-refractivity contribution < 1.29 is 4.74 Å². The van der Waals surface area contributed by atoms with E-state index in [1.807, 2.05) is 17.9 Å². The van der Waals surface area contributed by atoms with Gasteiger partial charge in [0.25, 0.3) is 5.56 Å². The van der Waals surface area contributed by atoms with Crippen molar-refractivity contribution >= 4 is 27.8 Å². The molecule has 9 nitrogen and oxygen atoms in total. The molecule has 4 atom stereocenters. The lowest BCUT2D eigenvalue weighted by Crippen LogP contribution is -2.57. The summed E-state index contributed by atoms with van der Waals surface area (Å²) >= 11 is 0. The van der Waals surface area contributed by atoms with Crippen molar-refractivity contribution in [2.75, 3.05) is 24.6 Å². The van der Waals surface area contributed by atoms with E-state index in [1.165, 1.54) is 5.56 Å². The van der Waals surface area contributed by atoms with Crippen LogP contribution >= 0.6 is 0 Å². The molecule has 5 heterocycles. The van der Waals surface area contributed by atoms with Gasteiger partial charge in [0.15, 0.2) is 0 Å². The molecule has 6 rings (SSSR count). The molecule has 0 N–H and O–H groups in total. The van der Waals surface area contributed by atoms with E-state index in [-0.39, 0.29) is 23.7 Å². The average molecular weight is 474 g/mol. The van der Waals surface area contributed by atoms with Crippen LogP contribution in [0.4, 0.5) is 5.69 Å². The number of epoxide rings is 1. The minimum Gasteiger partial charge on any atom is -0.371 e. The second-order valence-electron chi connectivity index (χ2n) is 9.99. The highest BCUT2D eigenvalue weighted by Crippen LogP contribution is 2.33. The predicted molar refractivity (Wildman–Crippen MR) is 136 cm³/mol. The van der Waals surface area contributed by atoms with E-state index in [4.69, 9.17) is 9.84 Å². The Labute approximate surface area is 203 Å². The van der Waals surface area contributed by atoms with Crippen LogP contribution < -0.4 is 10.5 Å². The fourth-order valence-corrected chi connectivity index (χ4v) is 5.39. The molecule has 182 valence electrons. The van der Waals surface area contributed by atoms with Crippen molar-refractivity contribution in [3.05, 3.63) is 58.8 Å². The quantitative estimate of drug-likeness (QED) is 0.412. The molecule has 2 saturated heterocycles. The van der Waals surface area contributed by atoms with Crippen LogP contribution in [0, 0.1) is 0 Å². The molecular formula is C26H31N7O2. The topological polar surface area (TPSA) is 84.6 Å². The molecule has 0 saturated carbocycles. The molecule has 0 amide bonds. The summed E-state index contributed by atoms with van der Waals surface area (Å²) in [5.74, 6) is 0. The van der Waals surface area contributed by atoms with Gasteiger partial charge in [-0.1, -0.05) is 6.07 Å². The lowest BCUT2D eigenvalue weighted by Gasteiger charge is -2.47. The first-order valence-electron chi connectivity index (χ1n) is 12.3. The summed E-state index contributed by atoms with van der Waals surface area (Å²) in [7, 11) is 1.81. The van der Waals surface area contributed by atoms with E-state index >= 15 is 0 Å². The molecule has 2 aliphatic rings. The van der Waals surface area contributed by atoms with Gasteiger partial charge >= 0.3 is 0 Å². The van der Waals surface area contributed by atoms with Gasteiger partial charge < -0.3 is 14.2 Å². The Morgan fingerprint density at radius 1 is 1.09 bits per heavy atom. The zero-order chi connectivity index (χ0) is 24.3. The molecule has 0 aliphatic carbocycles. The summed E-state index contributed by atoms with van der Waals surface area (Å²) in [6, 6.07) is 8.86. The Morgan fingerprint density at radius 2 is 1.86 bits per heavy atom. The number of nitrogens with zero attached hydrogens (tertiary/aromatic N) is 7. The molecule has 0 radical (unpaired) electrons. The predicted octanol–water partition coefficient (Wildman–Crippen LogP) is 2.74. The van der Waals surface area contributed by atoms with Gasteiger partial charge in [0.05, 0.1) is 35.4 Å². The second kappa shape index (κ2) is 8.42. The normalized spacial score (nSPS) is 23.8. The van der Waals surface area contributed by atoms with Crippen LogP contribution in [0.25, 0.3) is 22.1 Å². The van der Waals surface area contributed by atoms with Gasteiger partial charge in [0.1, 0.15) is 11.6 Å². The van der Waals surface area contributed by atoms with E-state index in [0.29, 0.717) is 6.04 Å². The van der Waals surface area contributed by atoms with Gasteiger partial charge in [-0.25, -0.2) is 0 Å². The lowest BCUT2D eigenvalue weighted by molar-refractivity contribution is 0.119. The number of piperazine rings is 1. The van der Waals surface area contributed by atoms with Gasteiger partial charge in [-0.3, -0.25) is 24.3 Å². The number of benzene rings is 1. The van der Waals surface area contributed by atoms with E-state index in [0.717, 1.165) is 54.0 Å². The average Bonchev–Trinajstić information content (AvgIpc) is 3.57. The summed E-state index contributed by atoms with van der Waals surface area (Å²) in [5, 5.41) is 4.87. The van der Waals surface area contributed by atoms with Crippen LogP contribution in [0.5, 0.6) is 0 Å². The molecular weight excluding hydrogens is 442 g/mol. The number of hydrogen-bond donors (Lipinski definition) is 0. The van der Waals surface area contributed by atoms with Crippen molar-refractivity contribution in [1.82, 2.24) is 29.2 Å². The third-order valence-corrected chi connectivity index (χ3v) is 7.55. The van der Waals surface area contributed by atoms with E-state index in [1.54, 1.807) is 23.0 Å². The number of rotatable bonds is 5. The Bertz CT molecular complexity index is 1460. The van der Waals surface area contributed by atoms with Gasteiger partial charge in [-0.2, -0.15) is 5.10 Å². The van der Waals surface area contributed by atoms with Crippen molar-refractivity contribution in [3.8, 4) is 0 Å². The maximum absolute atomic E-state index is 12.8. The maximum Gasteiger partial charge on any atom is 0.252 e. The summed E-state index contributed by atoms with van der Waals surface area (Å²) in [4.78, 5) is 26.6. The summed E-state index contributed by atoms with van der Waals surface area (Å²) in [6.45, 7) is 9.95. The van der Waals surface area contributed by atoms with Gasteiger partial charge in [0, 0.05) is 62.9 Å². The first-order chi connectivity index (χ1) is 16.9. The summed E-state index contributed by atoms with van der Waals surface area (Å²) in [6.07, 6.45) is 5.67. The molecule has 2 fully saturated rings. The van der Waals surface area contributed by atoms with Crippen molar-refractivity contribution in [1.29, 1.82) is 0 Å². The maximum atomic E-state index is 12.8. The minimum atomic E-state index is -0.0114. The molecule has 0 spiro atoms. The van der Waals surface area contributed by atoms with E-state index in [2.05, 4.69) is 58.7 Å². The van der Waals surface area contributed by atoms with Gasteiger partial charge in [-0.05, 0) is 38.5 Å². The summed E-state index contributed by atoms with van der Waals surface area (Å²) < 4.78 is 8.98. The van der Waals surface area contributed by atoms with E-state index in [9.17, 15) is 4.79 Å². The number of aryl methyl sites for hydroxylation is 1. The number of pyridine rings is 1. The number of anilines is 1. The fourth-order valence-electron chi connectivity index (χ4n) is 5.39. The lowest BCUT2D eigenvalue weighted by atomic mass is 10.00. The second-order valence-corrected chi connectivity index (χ2v) is 9.99. The smallest absolute Gasteiger partial charge is 0.252 e. The van der Waals surface area contributed by atoms with Crippen LogP contribution in [-0.4, -0.2) is 67.1 Å². The van der Waals surface area contributed by atoms with Gasteiger partial charge in [-0.15, -0.1) is 0 Å². The number of fused-ring (bicyclic) bond motifs is 2. The zero-order valence-electron chi connectivity index (χ0n) is 20.6. The summed E-state index contributed by atoms with van der Waals surface area (Å²) in [5.41, 5.74) is 5.72. The molecule has 3 aromatic heterocycles. The molecule has 1 aromatic carbocycles. The highest BCUT2D eigenvalue weighted by atomic mass is 16.6. The largest absolute Gasteiger partial charge is 0.371 e. The highest BCUT2D eigenvalue weighted by molar-refractivity contribution is 5.88. The number of hydrogen-bond acceptors (Lipinski definition) is 7. The third-order valence-electron chi connectivity index (χ3n) is 7.55.